The third kappa shape index (κ3) is 3.47. The van der Waals surface area contributed by atoms with Gasteiger partial charge in [0.1, 0.15) is 11.5 Å². The SMILES string of the molecule is COc1ccc(C(=O)C2C(C(=O)c3cccs3)N3C=Cc4ccccc4C3C23C(=O)Nc2ccccc23)cc1OC. The molecule has 7 nitrogen and oxygen atoms in total. The number of para-hydroxylation sites is 1. The van der Waals surface area contributed by atoms with Gasteiger partial charge in [0.15, 0.2) is 23.1 Å². The predicted molar refractivity (Wildman–Crippen MR) is 157 cm³/mol. The quantitative estimate of drug-likeness (QED) is 0.302. The zero-order chi connectivity index (χ0) is 28.3. The van der Waals surface area contributed by atoms with Crippen molar-refractivity contribution in [1.82, 2.24) is 4.90 Å². The minimum Gasteiger partial charge on any atom is -0.493 e. The molecule has 204 valence electrons. The molecule has 1 amide bonds. The van der Waals surface area contributed by atoms with E-state index in [1.165, 1.54) is 25.6 Å². The molecule has 3 aliphatic rings. The largest absolute Gasteiger partial charge is 0.493 e. The number of ether oxygens (including phenoxy) is 2. The summed E-state index contributed by atoms with van der Waals surface area (Å²) in [5, 5.41) is 4.92. The zero-order valence-electron chi connectivity index (χ0n) is 22.4. The smallest absolute Gasteiger partial charge is 0.238 e. The van der Waals surface area contributed by atoms with Gasteiger partial charge in [-0.05, 0) is 58.5 Å². The van der Waals surface area contributed by atoms with Crippen LogP contribution in [0.3, 0.4) is 0 Å². The Labute approximate surface area is 241 Å². The molecule has 4 atom stereocenters. The third-order valence-electron chi connectivity index (χ3n) is 8.55. The number of nitrogens with zero attached hydrogens (tertiary/aromatic N) is 1. The van der Waals surface area contributed by atoms with E-state index in [-0.39, 0.29) is 17.5 Å². The zero-order valence-corrected chi connectivity index (χ0v) is 23.2. The number of carbonyl (C=O) groups excluding carboxylic acids is 3. The van der Waals surface area contributed by atoms with E-state index in [4.69, 9.17) is 9.47 Å². The number of fused-ring (bicyclic) bond motifs is 6. The highest BCUT2D eigenvalue weighted by molar-refractivity contribution is 7.12. The number of thiophene rings is 1. The first-order valence-corrected chi connectivity index (χ1v) is 14.2. The van der Waals surface area contributed by atoms with Crippen LogP contribution in [0.25, 0.3) is 6.08 Å². The molecule has 1 N–H and O–H groups in total. The molecule has 4 unspecified atom stereocenters. The second-order valence-corrected chi connectivity index (χ2v) is 11.3. The molecule has 3 aromatic carbocycles. The summed E-state index contributed by atoms with van der Waals surface area (Å²) in [4.78, 5) is 46.3. The molecule has 0 radical (unpaired) electrons. The van der Waals surface area contributed by atoms with Crippen molar-refractivity contribution in [2.24, 2.45) is 5.92 Å². The fraction of sp³-hybridized carbons (Fsp3) is 0.182. The Kier molecular flexibility index (Phi) is 5.83. The average Bonchev–Trinajstić information content (AvgIpc) is 3.73. The van der Waals surface area contributed by atoms with Crippen LogP contribution >= 0.6 is 11.3 Å². The van der Waals surface area contributed by atoms with Crippen LogP contribution in [0.1, 0.15) is 42.8 Å². The topological polar surface area (TPSA) is 84.9 Å². The Morgan fingerprint density at radius 1 is 0.902 bits per heavy atom. The molecule has 0 saturated carbocycles. The number of anilines is 1. The predicted octanol–water partition coefficient (Wildman–Crippen LogP) is 5.75. The lowest BCUT2D eigenvalue weighted by Gasteiger charge is -2.38. The first kappa shape index (κ1) is 25.3. The van der Waals surface area contributed by atoms with Crippen LogP contribution in [0.5, 0.6) is 11.5 Å². The molecule has 0 aliphatic carbocycles. The summed E-state index contributed by atoms with van der Waals surface area (Å²) in [6.45, 7) is 0. The Hall–Kier alpha value is -4.69. The number of carbonyl (C=O) groups is 3. The van der Waals surface area contributed by atoms with Crippen LogP contribution in [0.4, 0.5) is 5.69 Å². The molecule has 0 bridgehead atoms. The van der Waals surface area contributed by atoms with Crippen molar-refractivity contribution in [3.8, 4) is 11.5 Å². The van der Waals surface area contributed by atoms with Gasteiger partial charge in [0.2, 0.25) is 5.91 Å². The summed E-state index contributed by atoms with van der Waals surface area (Å²) in [6, 6.07) is 22.4. The van der Waals surface area contributed by atoms with E-state index in [9.17, 15) is 14.4 Å². The second kappa shape index (κ2) is 9.45. The first-order valence-electron chi connectivity index (χ1n) is 13.3. The Balaban J connectivity index is 1.53. The number of methoxy groups -OCH3 is 2. The third-order valence-corrected chi connectivity index (χ3v) is 9.44. The standard InChI is InChI=1S/C33H26N2O5S/c1-39-24-14-13-20(18-25(24)40-2)29(36)27-28(30(37)26-12-7-17-41-26)35-16-15-19-8-3-4-9-21(19)31(35)33(27)22-10-5-6-11-23(22)34-32(33)38/h3-18,27-28,31H,1-2H3,(H,34,38). The van der Waals surface area contributed by atoms with Gasteiger partial charge in [0.05, 0.1) is 31.1 Å². The van der Waals surface area contributed by atoms with Gasteiger partial charge in [0.25, 0.3) is 0 Å². The van der Waals surface area contributed by atoms with Crippen molar-refractivity contribution in [2.75, 3.05) is 19.5 Å². The lowest BCUT2D eigenvalue weighted by Crippen LogP contribution is -2.49. The molecule has 1 spiro atoms. The van der Waals surface area contributed by atoms with Crippen molar-refractivity contribution in [3.63, 3.8) is 0 Å². The normalized spacial score (nSPS) is 23.5. The van der Waals surface area contributed by atoms with E-state index in [1.807, 2.05) is 77.2 Å². The van der Waals surface area contributed by atoms with Crippen LogP contribution in [-0.2, 0) is 10.2 Å². The molecular formula is C33H26N2O5S. The van der Waals surface area contributed by atoms with Crippen LogP contribution in [0.15, 0.2) is 90.4 Å². The molecule has 4 heterocycles. The highest BCUT2D eigenvalue weighted by atomic mass is 32.1. The van der Waals surface area contributed by atoms with Crippen molar-refractivity contribution in [1.29, 1.82) is 0 Å². The number of benzene rings is 3. The van der Waals surface area contributed by atoms with E-state index in [0.29, 0.717) is 33.2 Å². The van der Waals surface area contributed by atoms with Crippen molar-refractivity contribution in [3.05, 3.63) is 118 Å². The number of hydrogen-bond donors (Lipinski definition) is 1. The molecule has 8 heteroatoms. The molecule has 3 aliphatic heterocycles. The van der Waals surface area contributed by atoms with E-state index < -0.39 is 23.4 Å². The number of amides is 1. The van der Waals surface area contributed by atoms with Gasteiger partial charge in [-0.25, -0.2) is 0 Å². The number of hydrogen-bond acceptors (Lipinski definition) is 7. The van der Waals surface area contributed by atoms with Gasteiger partial charge in [-0.2, -0.15) is 0 Å². The van der Waals surface area contributed by atoms with Gasteiger partial charge in [-0.15, -0.1) is 11.3 Å². The Bertz CT molecular complexity index is 1750. The van der Waals surface area contributed by atoms with E-state index in [2.05, 4.69) is 5.32 Å². The molecule has 1 fully saturated rings. The minimum atomic E-state index is -1.38. The highest BCUT2D eigenvalue weighted by Gasteiger charge is 2.70. The summed E-state index contributed by atoms with van der Waals surface area (Å²) in [6.07, 6.45) is 3.83. The molecule has 7 rings (SSSR count). The second-order valence-electron chi connectivity index (χ2n) is 10.4. The first-order chi connectivity index (χ1) is 20.0. The average molecular weight is 563 g/mol. The minimum absolute atomic E-state index is 0.193. The van der Waals surface area contributed by atoms with Crippen LogP contribution < -0.4 is 14.8 Å². The maximum absolute atomic E-state index is 14.9. The number of rotatable bonds is 6. The van der Waals surface area contributed by atoms with E-state index in [0.717, 1.165) is 11.1 Å². The summed E-state index contributed by atoms with van der Waals surface area (Å²) in [7, 11) is 3.04. The number of nitrogens with one attached hydrogen (secondary N) is 1. The van der Waals surface area contributed by atoms with Gasteiger partial charge >= 0.3 is 0 Å². The Morgan fingerprint density at radius 3 is 2.46 bits per heavy atom. The molecule has 1 aromatic heterocycles. The lowest BCUT2D eigenvalue weighted by atomic mass is 9.62. The van der Waals surface area contributed by atoms with E-state index in [1.54, 1.807) is 24.3 Å². The van der Waals surface area contributed by atoms with Gasteiger partial charge in [-0.3, -0.25) is 14.4 Å². The molecule has 4 aromatic rings. The summed E-state index contributed by atoms with van der Waals surface area (Å²) < 4.78 is 10.9. The maximum atomic E-state index is 14.9. The van der Waals surface area contributed by atoms with Crippen molar-refractivity contribution >= 4 is 40.6 Å². The number of Topliss-reactive ketones (excluding diaryl/α,β-unsaturated/α-hetero) is 2. The van der Waals surface area contributed by atoms with Crippen LogP contribution in [-0.4, -0.2) is 42.6 Å². The summed E-state index contributed by atoms with van der Waals surface area (Å²) >= 11 is 1.33. The van der Waals surface area contributed by atoms with Gasteiger partial charge < -0.3 is 19.7 Å². The van der Waals surface area contributed by atoms with E-state index >= 15 is 0 Å². The summed E-state index contributed by atoms with van der Waals surface area (Å²) in [5.74, 6) is -0.964. The fourth-order valence-corrected chi connectivity index (χ4v) is 7.60. The van der Waals surface area contributed by atoms with Crippen LogP contribution in [0.2, 0.25) is 0 Å². The molecule has 41 heavy (non-hydrogen) atoms. The van der Waals surface area contributed by atoms with Crippen molar-refractivity contribution in [2.45, 2.75) is 17.5 Å². The van der Waals surface area contributed by atoms with Crippen LogP contribution in [0, 0.1) is 5.92 Å². The van der Waals surface area contributed by atoms with Gasteiger partial charge in [-0.1, -0.05) is 48.5 Å². The monoisotopic (exact) mass is 562 g/mol. The number of ketones is 2. The summed E-state index contributed by atoms with van der Waals surface area (Å²) in [5.41, 5.74) is 2.18. The highest BCUT2D eigenvalue weighted by Crippen LogP contribution is 2.62. The van der Waals surface area contributed by atoms with Crippen molar-refractivity contribution < 1.29 is 23.9 Å². The Morgan fingerprint density at radius 2 is 1.68 bits per heavy atom. The lowest BCUT2D eigenvalue weighted by molar-refractivity contribution is -0.122. The van der Waals surface area contributed by atoms with Gasteiger partial charge in [0, 0.05) is 17.5 Å². The molecule has 1 saturated heterocycles. The fourth-order valence-electron chi connectivity index (χ4n) is 6.90. The molecular weight excluding hydrogens is 536 g/mol. The maximum Gasteiger partial charge on any atom is 0.238 e.